The predicted molar refractivity (Wildman–Crippen MR) is 96.2 cm³/mol. The van der Waals surface area contributed by atoms with Gasteiger partial charge in [0.1, 0.15) is 0 Å². The molecule has 124 valence electrons. The monoisotopic (exact) mass is 332 g/mol. The Balaban J connectivity index is 1.49. The fourth-order valence-corrected chi connectivity index (χ4v) is 3.89. The summed E-state index contributed by atoms with van der Waals surface area (Å²) in [6.07, 6.45) is 2.19. The van der Waals surface area contributed by atoms with Gasteiger partial charge < -0.3 is 15.5 Å². The van der Waals surface area contributed by atoms with Gasteiger partial charge in [-0.3, -0.25) is 0 Å². The van der Waals surface area contributed by atoms with Gasteiger partial charge in [0.2, 0.25) is 0 Å². The van der Waals surface area contributed by atoms with Crippen LogP contribution in [0.5, 0.6) is 0 Å². The summed E-state index contributed by atoms with van der Waals surface area (Å²) in [4.78, 5) is 18.7. The molecule has 0 radical (unpaired) electrons. The first-order valence-corrected chi connectivity index (χ1v) is 9.08. The molecule has 2 heterocycles. The van der Waals surface area contributed by atoms with E-state index in [-0.39, 0.29) is 12.1 Å². The van der Waals surface area contributed by atoms with E-state index >= 15 is 0 Å². The standard InChI is InChI=1S/C17H24N4OS/c1-12(2)19-16(22)18-11-13-7-9-21(10-8-13)17-20-14-5-3-4-6-15(14)23-17/h3-6,12-13H,7-11H2,1-2H3,(H2,18,19,22). The van der Waals surface area contributed by atoms with Gasteiger partial charge in [-0.05, 0) is 44.7 Å². The Bertz CT molecular complexity index is 628. The van der Waals surface area contributed by atoms with E-state index in [0.717, 1.165) is 43.1 Å². The minimum absolute atomic E-state index is 0.0615. The number of carbonyl (C=O) groups excluding carboxylic acids is 1. The summed E-state index contributed by atoms with van der Waals surface area (Å²) in [7, 11) is 0. The Morgan fingerprint density at radius 1 is 1.35 bits per heavy atom. The fraction of sp³-hybridized carbons (Fsp3) is 0.529. The van der Waals surface area contributed by atoms with E-state index in [0.29, 0.717) is 5.92 Å². The van der Waals surface area contributed by atoms with Crippen LogP contribution in [-0.2, 0) is 0 Å². The van der Waals surface area contributed by atoms with Crippen molar-refractivity contribution < 1.29 is 4.79 Å². The van der Waals surface area contributed by atoms with E-state index in [1.54, 1.807) is 11.3 Å². The first-order valence-electron chi connectivity index (χ1n) is 8.26. The van der Waals surface area contributed by atoms with Crippen LogP contribution in [0.2, 0.25) is 0 Å². The molecule has 0 saturated carbocycles. The fourth-order valence-electron chi connectivity index (χ4n) is 2.87. The lowest BCUT2D eigenvalue weighted by molar-refractivity contribution is 0.235. The largest absolute Gasteiger partial charge is 0.348 e. The maximum absolute atomic E-state index is 11.6. The first kappa shape index (κ1) is 16.1. The number of piperidine rings is 1. The van der Waals surface area contributed by atoms with E-state index < -0.39 is 0 Å². The number of amides is 2. The molecule has 1 aliphatic heterocycles. The van der Waals surface area contributed by atoms with Crippen molar-refractivity contribution in [1.82, 2.24) is 15.6 Å². The van der Waals surface area contributed by atoms with Crippen molar-refractivity contribution in [1.29, 1.82) is 0 Å². The van der Waals surface area contributed by atoms with Gasteiger partial charge in [-0.1, -0.05) is 23.5 Å². The van der Waals surface area contributed by atoms with Gasteiger partial charge in [-0.25, -0.2) is 9.78 Å². The maximum atomic E-state index is 11.6. The average Bonchev–Trinajstić information content (AvgIpc) is 2.97. The second-order valence-electron chi connectivity index (χ2n) is 6.40. The minimum Gasteiger partial charge on any atom is -0.348 e. The van der Waals surface area contributed by atoms with Crippen LogP contribution in [0.3, 0.4) is 0 Å². The zero-order valence-electron chi connectivity index (χ0n) is 13.7. The van der Waals surface area contributed by atoms with Gasteiger partial charge in [-0.15, -0.1) is 0 Å². The molecule has 2 amide bonds. The van der Waals surface area contributed by atoms with E-state index in [9.17, 15) is 4.79 Å². The molecular formula is C17H24N4OS. The Hall–Kier alpha value is -1.82. The molecule has 6 heteroatoms. The molecule has 1 aromatic heterocycles. The smallest absolute Gasteiger partial charge is 0.314 e. The molecule has 1 aromatic carbocycles. The number of hydrogen-bond donors (Lipinski definition) is 2. The predicted octanol–water partition coefficient (Wildman–Crippen LogP) is 3.22. The summed E-state index contributed by atoms with van der Waals surface area (Å²) in [6, 6.07) is 8.40. The molecule has 3 rings (SSSR count). The number of para-hydroxylation sites is 1. The normalized spacial score (nSPS) is 16.0. The third-order valence-corrected chi connectivity index (χ3v) is 5.24. The number of nitrogens with one attached hydrogen (secondary N) is 2. The van der Waals surface area contributed by atoms with Crippen LogP contribution in [0.25, 0.3) is 10.2 Å². The molecule has 0 unspecified atom stereocenters. The van der Waals surface area contributed by atoms with Crippen molar-refractivity contribution in [3.05, 3.63) is 24.3 Å². The Labute approximate surface area is 141 Å². The molecule has 0 bridgehead atoms. The zero-order valence-corrected chi connectivity index (χ0v) is 14.5. The quantitative estimate of drug-likeness (QED) is 0.904. The maximum Gasteiger partial charge on any atom is 0.314 e. The number of aromatic nitrogens is 1. The Kier molecular flexibility index (Phi) is 5.00. The van der Waals surface area contributed by atoms with E-state index in [2.05, 4.69) is 33.7 Å². The SMILES string of the molecule is CC(C)NC(=O)NCC1CCN(c2nc3ccccc3s2)CC1. The van der Waals surface area contributed by atoms with Gasteiger partial charge in [0.05, 0.1) is 10.2 Å². The van der Waals surface area contributed by atoms with E-state index in [1.165, 1.54) is 4.70 Å². The third kappa shape index (κ3) is 4.13. The van der Waals surface area contributed by atoms with E-state index in [1.807, 2.05) is 19.9 Å². The van der Waals surface area contributed by atoms with Crippen LogP contribution in [0.4, 0.5) is 9.93 Å². The molecule has 1 aliphatic rings. The number of carbonyl (C=O) groups is 1. The molecule has 5 nitrogen and oxygen atoms in total. The molecule has 1 fully saturated rings. The highest BCUT2D eigenvalue weighted by Gasteiger charge is 2.22. The number of urea groups is 1. The van der Waals surface area contributed by atoms with Crippen molar-refractivity contribution in [3.63, 3.8) is 0 Å². The van der Waals surface area contributed by atoms with Crippen molar-refractivity contribution in [2.75, 3.05) is 24.5 Å². The summed E-state index contributed by atoms with van der Waals surface area (Å²) in [6.45, 7) is 6.72. The highest BCUT2D eigenvalue weighted by atomic mass is 32.1. The Morgan fingerprint density at radius 3 is 2.78 bits per heavy atom. The molecule has 0 spiro atoms. The zero-order chi connectivity index (χ0) is 16.2. The van der Waals surface area contributed by atoms with Crippen molar-refractivity contribution in [2.24, 2.45) is 5.92 Å². The van der Waals surface area contributed by atoms with E-state index in [4.69, 9.17) is 4.98 Å². The molecule has 0 aliphatic carbocycles. The summed E-state index contributed by atoms with van der Waals surface area (Å²) in [5.41, 5.74) is 1.08. The summed E-state index contributed by atoms with van der Waals surface area (Å²) >= 11 is 1.77. The number of nitrogens with zero attached hydrogens (tertiary/aromatic N) is 2. The number of hydrogen-bond acceptors (Lipinski definition) is 4. The van der Waals surface area contributed by atoms with Crippen molar-refractivity contribution in [3.8, 4) is 0 Å². The third-order valence-electron chi connectivity index (χ3n) is 4.14. The van der Waals surface area contributed by atoms with Gasteiger partial charge >= 0.3 is 6.03 Å². The van der Waals surface area contributed by atoms with Gasteiger partial charge in [-0.2, -0.15) is 0 Å². The Morgan fingerprint density at radius 2 is 2.09 bits per heavy atom. The van der Waals surface area contributed by atoms with Crippen LogP contribution in [0.15, 0.2) is 24.3 Å². The lowest BCUT2D eigenvalue weighted by atomic mass is 9.97. The lowest BCUT2D eigenvalue weighted by Gasteiger charge is -2.31. The second kappa shape index (κ2) is 7.17. The van der Waals surface area contributed by atoms with Crippen LogP contribution in [0, 0.1) is 5.92 Å². The minimum atomic E-state index is -0.0615. The summed E-state index contributed by atoms with van der Waals surface area (Å²) < 4.78 is 1.25. The summed E-state index contributed by atoms with van der Waals surface area (Å²) in [5, 5.41) is 6.96. The number of benzene rings is 1. The average molecular weight is 332 g/mol. The number of anilines is 1. The van der Waals surface area contributed by atoms with Crippen molar-refractivity contribution >= 4 is 32.7 Å². The molecule has 2 N–H and O–H groups in total. The second-order valence-corrected chi connectivity index (χ2v) is 7.41. The molecule has 1 saturated heterocycles. The molecule has 23 heavy (non-hydrogen) atoms. The van der Waals surface area contributed by atoms with Gasteiger partial charge in [0.15, 0.2) is 5.13 Å². The topological polar surface area (TPSA) is 57.3 Å². The van der Waals surface area contributed by atoms with Gasteiger partial charge in [0.25, 0.3) is 0 Å². The highest BCUT2D eigenvalue weighted by molar-refractivity contribution is 7.22. The molecule has 2 aromatic rings. The van der Waals surface area contributed by atoms with Crippen LogP contribution >= 0.6 is 11.3 Å². The van der Waals surface area contributed by atoms with Crippen LogP contribution in [-0.4, -0.2) is 36.7 Å². The van der Waals surface area contributed by atoms with Crippen LogP contribution < -0.4 is 15.5 Å². The summed E-state index contributed by atoms with van der Waals surface area (Å²) in [5.74, 6) is 0.554. The number of rotatable bonds is 4. The molecular weight excluding hydrogens is 308 g/mol. The highest BCUT2D eigenvalue weighted by Crippen LogP contribution is 2.31. The number of thiazole rings is 1. The first-order chi connectivity index (χ1) is 11.1. The number of fused-ring (bicyclic) bond motifs is 1. The van der Waals surface area contributed by atoms with Gasteiger partial charge in [0, 0.05) is 25.7 Å². The lowest BCUT2D eigenvalue weighted by Crippen LogP contribution is -2.43. The molecule has 0 atom stereocenters. The van der Waals surface area contributed by atoms with Crippen molar-refractivity contribution in [2.45, 2.75) is 32.7 Å². The van der Waals surface area contributed by atoms with Crippen LogP contribution in [0.1, 0.15) is 26.7 Å².